The molecule has 1 rings (SSSR count). The third-order valence-electron chi connectivity index (χ3n) is 5.77. The largest absolute Gasteiger partial charge is 0.469 e. The Morgan fingerprint density at radius 1 is 0.750 bits per heavy atom. The van der Waals surface area contributed by atoms with E-state index in [0.717, 1.165) is 38.5 Å². The standard InChI is InChI=1S/C24H46O4/c1-4-6-8-10-12-16-21-20-22(17-13-11-9-7-5-2)28-24(27-21)19-15-14-18-23(25)26-3/h21-22,24H,4-20H2,1-3H3/t21-,22+,24?. The first-order valence-corrected chi connectivity index (χ1v) is 12.1. The first-order valence-electron chi connectivity index (χ1n) is 12.1. The van der Waals surface area contributed by atoms with E-state index in [2.05, 4.69) is 13.8 Å². The molecule has 0 bridgehead atoms. The minimum absolute atomic E-state index is 0.0901. The maximum Gasteiger partial charge on any atom is 0.305 e. The molecule has 4 heteroatoms. The molecule has 166 valence electrons. The fraction of sp³-hybridized carbons (Fsp3) is 0.958. The zero-order valence-electron chi connectivity index (χ0n) is 18.9. The van der Waals surface area contributed by atoms with Crippen molar-refractivity contribution >= 4 is 5.97 Å². The van der Waals surface area contributed by atoms with Crippen molar-refractivity contribution in [3.8, 4) is 0 Å². The second-order valence-corrected chi connectivity index (χ2v) is 8.41. The summed E-state index contributed by atoms with van der Waals surface area (Å²) in [7, 11) is 1.45. The number of unbranched alkanes of at least 4 members (excludes halogenated alkanes) is 9. The number of hydrogen-bond donors (Lipinski definition) is 0. The van der Waals surface area contributed by atoms with Crippen LogP contribution in [0.5, 0.6) is 0 Å². The normalized spacial score (nSPS) is 22.3. The Morgan fingerprint density at radius 3 is 1.75 bits per heavy atom. The van der Waals surface area contributed by atoms with Crippen LogP contribution in [-0.2, 0) is 19.0 Å². The Kier molecular flexibility index (Phi) is 15.7. The van der Waals surface area contributed by atoms with E-state index in [1.165, 1.54) is 71.3 Å². The minimum Gasteiger partial charge on any atom is -0.469 e. The van der Waals surface area contributed by atoms with Crippen LogP contribution in [0.3, 0.4) is 0 Å². The van der Waals surface area contributed by atoms with Crippen molar-refractivity contribution in [1.82, 2.24) is 0 Å². The topological polar surface area (TPSA) is 44.8 Å². The average Bonchev–Trinajstić information content (AvgIpc) is 2.70. The molecule has 1 fully saturated rings. The molecule has 0 radical (unpaired) electrons. The molecule has 1 saturated heterocycles. The van der Waals surface area contributed by atoms with Gasteiger partial charge < -0.3 is 14.2 Å². The Bertz CT molecular complexity index is 350. The van der Waals surface area contributed by atoms with Crippen LogP contribution in [0.1, 0.15) is 123 Å². The predicted octanol–water partition coefficient (Wildman–Crippen LogP) is 6.94. The van der Waals surface area contributed by atoms with Crippen LogP contribution < -0.4 is 0 Å². The molecule has 0 N–H and O–H groups in total. The van der Waals surface area contributed by atoms with Crippen LogP contribution in [-0.4, -0.2) is 31.6 Å². The quantitative estimate of drug-likeness (QED) is 0.197. The van der Waals surface area contributed by atoms with Crippen molar-refractivity contribution in [1.29, 1.82) is 0 Å². The minimum atomic E-state index is -0.125. The number of rotatable bonds is 17. The Balaban J connectivity index is 2.34. The lowest BCUT2D eigenvalue weighted by molar-refractivity contribution is -0.247. The second-order valence-electron chi connectivity index (χ2n) is 8.41. The summed E-state index contributed by atoms with van der Waals surface area (Å²) in [5.74, 6) is -0.125. The van der Waals surface area contributed by atoms with Gasteiger partial charge in [-0.15, -0.1) is 0 Å². The van der Waals surface area contributed by atoms with Gasteiger partial charge in [0.2, 0.25) is 0 Å². The Labute approximate surface area is 174 Å². The number of hydrogen-bond acceptors (Lipinski definition) is 4. The maximum atomic E-state index is 11.3. The van der Waals surface area contributed by atoms with Gasteiger partial charge in [-0.2, -0.15) is 0 Å². The van der Waals surface area contributed by atoms with Crippen molar-refractivity contribution in [2.45, 2.75) is 141 Å². The molecule has 1 aliphatic heterocycles. The zero-order valence-corrected chi connectivity index (χ0v) is 18.9. The molecular weight excluding hydrogens is 352 g/mol. The van der Waals surface area contributed by atoms with Gasteiger partial charge in [0.25, 0.3) is 0 Å². The number of methoxy groups -OCH3 is 1. The SMILES string of the molecule is CCCCCCC[C@@H]1C[C@H](CCCCCCC)OC(CCCCC(=O)OC)O1. The highest BCUT2D eigenvalue weighted by atomic mass is 16.7. The number of esters is 1. The third-order valence-corrected chi connectivity index (χ3v) is 5.77. The molecule has 4 nitrogen and oxygen atoms in total. The highest BCUT2D eigenvalue weighted by molar-refractivity contribution is 5.68. The average molecular weight is 399 g/mol. The Hall–Kier alpha value is -0.610. The van der Waals surface area contributed by atoms with Gasteiger partial charge in [-0.25, -0.2) is 0 Å². The van der Waals surface area contributed by atoms with Crippen LogP contribution in [0, 0.1) is 0 Å². The second kappa shape index (κ2) is 17.3. The molecule has 0 saturated carbocycles. The van der Waals surface area contributed by atoms with Crippen molar-refractivity contribution < 1.29 is 19.0 Å². The van der Waals surface area contributed by atoms with Crippen LogP contribution in [0.4, 0.5) is 0 Å². The summed E-state index contributed by atoms with van der Waals surface area (Å²) < 4.78 is 17.2. The summed E-state index contributed by atoms with van der Waals surface area (Å²) >= 11 is 0. The van der Waals surface area contributed by atoms with Gasteiger partial charge in [-0.3, -0.25) is 4.79 Å². The lowest BCUT2D eigenvalue weighted by Gasteiger charge is -2.36. The first kappa shape index (κ1) is 25.4. The van der Waals surface area contributed by atoms with Gasteiger partial charge in [0, 0.05) is 6.42 Å². The highest BCUT2D eigenvalue weighted by Crippen LogP contribution is 2.28. The molecular formula is C24H46O4. The van der Waals surface area contributed by atoms with Crippen LogP contribution >= 0.6 is 0 Å². The molecule has 0 spiro atoms. The molecule has 0 aromatic heterocycles. The first-order chi connectivity index (χ1) is 13.7. The summed E-state index contributed by atoms with van der Waals surface area (Å²) in [5.41, 5.74) is 0. The number of carbonyl (C=O) groups is 1. The predicted molar refractivity (Wildman–Crippen MR) is 115 cm³/mol. The van der Waals surface area contributed by atoms with E-state index in [0.29, 0.717) is 18.6 Å². The molecule has 1 heterocycles. The van der Waals surface area contributed by atoms with E-state index in [1.807, 2.05) is 0 Å². The van der Waals surface area contributed by atoms with E-state index < -0.39 is 0 Å². The summed E-state index contributed by atoms with van der Waals surface area (Å²) in [5, 5.41) is 0. The van der Waals surface area contributed by atoms with Crippen molar-refractivity contribution in [3.05, 3.63) is 0 Å². The van der Waals surface area contributed by atoms with E-state index in [-0.39, 0.29) is 12.3 Å². The van der Waals surface area contributed by atoms with Gasteiger partial charge in [-0.1, -0.05) is 78.1 Å². The van der Waals surface area contributed by atoms with Crippen molar-refractivity contribution in [3.63, 3.8) is 0 Å². The molecule has 0 amide bonds. The summed E-state index contributed by atoms with van der Waals surface area (Å²) in [6.45, 7) is 4.52. The molecule has 0 aromatic carbocycles. The van der Waals surface area contributed by atoms with Crippen LogP contribution in [0.25, 0.3) is 0 Å². The van der Waals surface area contributed by atoms with Crippen LogP contribution in [0.15, 0.2) is 0 Å². The molecule has 3 atom stereocenters. The van der Waals surface area contributed by atoms with E-state index in [1.54, 1.807) is 0 Å². The zero-order chi connectivity index (χ0) is 20.5. The number of carbonyl (C=O) groups excluding carboxylic acids is 1. The summed E-state index contributed by atoms with van der Waals surface area (Å²) in [6.07, 6.45) is 20.3. The number of ether oxygens (including phenoxy) is 3. The summed E-state index contributed by atoms with van der Waals surface area (Å²) in [4.78, 5) is 11.3. The molecule has 0 aliphatic carbocycles. The lowest BCUT2D eigenvalue weighted by Crippen LogP contribution is -2.38. The Morgan fingerprint density at radius 2 is 1.25 bits per heavy atom. The molecule has 1 aliphatic rings. The van der Waals surface area contributed by atoms with Crippen molar-refractivity contribution in [2.75, 3.05) is 7.11 Å². The molecule has 28 heavy (non-hydrogen) atoms. The maximum absolute atomic E-state index is 11.3. The van der Waals surface area contributed by atoms with E-state index >= 15 is 0 Å². The van der Waals surface area contributed by atoms with Crippen molar-refractivity contribution in [2.24, 2.45) is 0 Å². The van der Waals surface area contributed by atoms with E-state index in [4.69, 9.17) is 14.2 Å². The smallest absolute Gasteiger partial charge is 0.305 e. The third kappa shape index (κ3) is 12.8. The molecule has 1 unspecified atom stereocenters. The van der Waals surface area contributed by atoms with Gasteiger partial charge in [-0.05, 0) is 38.5 Å². The van der Waals surface area contributed by atoms with Gasteiger partial charge in [0.05, 0.1) is 19.3 Å². The van der Waals surface area contributed by atoms with Crippen LogP contribution in [0.2, 0.25) is 0 Å². The van der Waals surface area contributed by atoms with Gasteiger partial charge in [0.1, 0.15) is 0 Å². The summed E-state index contributed by atoms with van der Waals surface area (Å²) in [6, 6.07) is 0. The lowest BCUT2D eigenvalue weighted by atomic mass is 9.98. The monoisotopic (exact) mass is 398 g/mol. The van der Waals surface area contributed by atoms with Gasteiger partial charge in [0.15, 0.2) is 6.29 Å². The van der Waals surface area contributed by atoms with E-state index in [9.17, 15) is 4.79 Å². The molecule has 0 aromatic rings. The highest BCUT2D eigenvalue weighted by Gasteiger charge is 2.29. The fourth-order valence-electron chi connectivity index (χ4n) is 4.01. The van der Waals surface area contributed by atoms with Gasteiger partial charge >= 0.3 is 5.97 Å². The fourth-order valence-corrected chi connectivity index (χ4v) is 4.01.